The second-order valence-electron chi connectivity index (χ2n) is 11.5. The molecule has 3 heteroatoms. The van der Waals surface area contributed by atoms with Gasteiger partial charge in [0.25, 0.3) is 0 Å². The van der Waals surface area contributed by atoms with Crippen LogP contribution in [0.2, 0.25) is 0 Å². The minimum atomic E-state index is -0.145. The summed E-state index contributed by atoms with van der Waals surface area (Å²) in [6.07, 6.45) is 10.3. The quantitative estimate of drug-likeness (QED) is 0.498. The Hall–Kier alpha value is -2.13. The van der Waals surface area contributed by atoms with Crippen LogP contribution in [0.15, 0.2) is 59.2 Å². The van der Waals surface area contributed by atoms with Gasteiger partial charge in [0.1, 0.15) is 0 Å². The van der Waals surface area contributed by atoms with Gasteiger partial charge in [0.15, 0.2) is 5.78 Å². The molecule has 1 heterocycles. The van der Waals surface area contributed by atoms with Crippen LogP contribution in [0.4, 0.5) is 5.69 Å². The zero-order valence-corrected chi connectivity index (χ0v) is 20.5. The number of rotatable bonds is 2. The van der Waals surface area contributed by atoms with Crippen molar-refractivity contribution in [1.82, 2.24) is 0 Å². The molecule has 0 bridgehead atoms. The molecule has 1 aliphatic heterocycles. The highest BCUT2D eigenvalue weighted by molar-refractivity contribution is 5.93. The molecule has 4 aliphatic carbocycles. The highest BCUT2D eigenvalue weighted by Gasteiger charge is 2.65. The van der Waals surface area contributed by atoms with Crippen molar-refractivity contribution in [3.05, 3.63) is 64.8 Å². The number of allylic oxidation sites excluding steroid dienone is 4. The van der Waals surface area contributed by atoms with E-state index in [-0.39, 0.29) is 11.0 Å². The zero-order valence-electron chi connectivity index (χ0n) is 20.5. The zero-order chi connectivity index (χ0) is 23.0. The van der Waals surface area contributed by atoms with Crippen LogP contribution in [0.3, 0.4) is 0 Å². The molecule has 1 aromatic carbocycles. The van der Waals surface area contributed by atoms with Gasteiger partial charge < -0.3 is 9.64 Å². The lowest BCUT2D eigenvalue weighted by Crippen LogP contribution is -2.52. The molecule has 0 amide bonds. The molecule has 5 atom stereocenters. The highest BCUT2D eigenvalue weighted by atomic mass is 16.5. The van der Waals surface area contributed by atoms with Crippen molar-refractivity contribution >= 4 is 11.5 Å². The van der Waals surface area contributed by atoms with Crippen molar-refractivity contribution in [3.8, 4) is 0 Å². The van der Waals surface area contributed by atoms with Crippen LogP contribution in [0, 0.1) is 17.3 Å². The third kappa shape index (κ3) is 2.94. The van der Waals surface area contributed by atoms with Gasteiger partial charge >= 0.3 is 0 Å². The van der Waals surface area contributed by atoms with E-state index in [1.165, 1.54) is 40.8 Å². The van der Waals surface area contributed by atoms with Crippen LogP contribution in [0.5, 0.6) is 0 Å². The van der Waals surface area contributed by atoms with Gasteiger partial charge in [-0.1, -0.05) is 31.2 Å². The summed E-state index contributed by atoms with van der Waals surface area (Å²) in [4.78, 5) is 14.4. The Balaban J connectivity index is 1.51. The standard InChI is InChI=1S/C30H37NO2/c1-19-14-16-33-30(19)15-13-27-25-11-7-21-17-23(32)10-12-24(21)28(25)26(18-29(27,30)2)20-5-8-22(9-6-20)31(3)4/h5-6,8-9,17,25-27H,1,7,10-16,18H2,2-4H3/t25-,26?,27-,29-,30-/m0/s1. The van der Waals surface area contributed by atoms with Crippen LogP contribution in [-0.2, 0) is 9.53 Å². The lowest BCUT2D eigenvalue weighted by Gasteiger charge is -2.55. The van der Waals surface area contributed by atoms with Gasteiger partial charge in [-0.25, -0.2) is 0 Å². The smallest absolute Gasteiger partial charge is 0.156 e. The predicted octanol–water partition coefficient (Wildman–Crippen LogP) is 6.37. The van der Waals surface area contributed by atoms with E-state index in [9.17, 15) is 4.79 Å². The average molecular weight is 444 g/mol. The van der Waals surface area contributed by atoms with Crippen molar-refractivity contribution in [2.24, 2.45) is 17.3 Å². The van der Waals surface area contributed by atoms with E-state index in [4.69, 9.17) is 4.74 Å². The summed E-state index contributed by atoms with van der Waals surface area (Å²) in [6, 6.07) is 9.24. The van der Waals surface area contributed by atoms with Gasteiger partial charge in [-0.05, 0) is 97.3 Å². The van der Waals surface area contributed by atoms with Crippen LogP contribution in [0.1, 0.15) is 69.8 Å². The maximum Gasteiger partial charge on any atom is 0.156 e. The van der Waals surface area contributed by atoms with Gasteiger partial charge in [0.2, 0.25) is 0 Å². The monoisotopic (exact) mass is 443 g/mol. The SMILES string of the molecule is C=C1CCO[C@@]12CC[C@H]1[C@@H]3CCC4=CC(=O)CCC4=C3C(c3ccc(N(C)C)cc3)C[C@@]12C. The fourth-order valence-electron chi connectivity index (χ4n) is 8.42. The highest BCUT2D eigenvalue weighted by Crippen LogP contribution is 2.70. The summed E-state index contributed by atoms with van der Waals surface area (Å²) < 4.78 is 6.64. The molecule has 174 valence electrons. The first kappa shape index (κ1) is 21.4. The van der Waals surface area contributed by atoms with E-state index < -0.39 is 0 Å². The maximum absolute atomic E-state index is 12.2. The molecule has 3 nitrogen and oxygen atoms in total. The largest absolute Gasteiger partial charge is 0.378 e. The number of benzene rings is 1. The van der Waals surface area contributed by atoms with Crippen molar-refractivity contribution in [1.29, 1.82) is 0 Å². The lowest BCUT2D eigenvalue weighted by molar-refractivity contribution is -0.114. The van der Waals surface area contributed by atoms with Gasteiger partial charge in [0.05, 0.1) is 12.2 Å². The third-order valence-corrected chi connectivity index (χ3v) is 9.99. The molecule has 2 saturated carbocycles. The number of hydrogen-bond acceptors (Lipinski definition) is 3. The van der Waals surface area contributed by atoms with E-state index in [0.29, 0.717) is 30.0 Å². The summed E-state index contributed by atoms with van der Waals surface area (Å²) in [5.41, 5.74) is 8.51. The molecule has 1 saturated heterocycles. The first-order chi connectivity index (χ1) is 15.8. The number of nitrogens with zero attached hydrogens (tertiary/aromatic N) is 1. The lowest BCUT2D eigenvalue weighted by atomic mass is 9.50. The minimum Gasteiger partial charge on any atom is -0.378 e. The third-order valence-electron chi connectivity index (χ3n) is 9.99. The summed E-state index contributed by atoms with van der Waals surface area (Å²) in [5, 5.41) is 0. The Bertz CT molecular complexity index is 1080. The Labute approximate surface area is 198 Å². The number of carbonyl (C=O) groups is 1. The molecule has 1 aromatic rings. The second kappa shape index (κ2) is 7.43. The Morgan fingerprint density at radius 3 is 2.55 bits per heavy atom. The minimum absolute atomic E-state index is 0.117. The molecule has 0 aromatic heterocycles. The topological polar surface area (TPSA) is 29.5 Å². The van der Waals surface area contributed by atoms with E-state index in [2.05, 4.69) is 56.8 Å². The van der Waals surface area contributed by atoms with Gasteiger partial charge in [0, 0.05) is 37.5 Å². The van der Waals surface area contributed by atoms with E-state index in [1.54, 1.807) is 5.57 Å². The molecular weight excluding hydrogens is 406 g/mol. The van der Waals surface area contributed by atoms with Gasteiger partial charge in [-0.3, -0.25) is 4.79 Å². The summed E-state index contributed by atoms with van der Waals surface area (Å²) in [5.74, 6) is 1.95. The first-order valence-electron chi connectivity index (χ1n) is 12.9. The summed E-state index contributed by atoms with van der Waals surface area (Å²) >= 11 is 0. The number of carbonyl (C=O) groups excluding carboxylic acids is 1. The molecular formula is C30H37NO2. The average Bonchev–Trinajstić information content (AvgIpc) is 3.33. The number of anilines is 1. The van der Waals surface area contributed by atoms with E-state index in [0.717, 1.165) is 38.7 Å². The number of ketones is 1. The molecule has 1 unspecified atom stereocenters. The van der Waals surface area contributed by atoms with Crippen LogP contribution < -0.4 is 4.90 Å². The van der Waals surface area contributed by atoms with Crippen molar-refractivity contribution in [3.63, 3.8) is 0 Å². The molecule has 33 heavy (non-hydrogen) atoms. The molecule has 0 radical (unpaired) electrons. The molecule has 6 rings (SSSR count). The Kier molecular flexibility index (Phi) is 4.82. The number of ether oxygens (including phenoxy) is 1. The summed E-state index contributed by atoms with van der Waals surface area (Å²) in [7, 11) is 4.20. The number of fused-ring (bicyclic) bond motifs is 5. The maximum atomic E-state index is 12.2. The number of hydrogen-bond donors (Lipinski definition) is 0. The molecule has 3 fully saturated rings. The predicted molar refractivity (Wildman–Crippen MR) is 133 cm³/mol. The van der Waals surface area contributed by atoms with E-state index in [1.807, 2.05) is 6.08 Å². The van der Waals surface area contributed by atoms with Crippen molar-refractivity contribution in [2.45, 2.75) is 69.8 Å². The van der Waals surface area contributed by atoms with Gasteiger partial charge in [-0.15, -0.1) is 0 Å². The van der Waals surface area contributed by atoms with Crippen LogP contribution in [-0.4, -0.2) is 32.1 Å². The van der Waals surface area contributed by atoms with Gasteiger partial charge in [-0.2, -0.15) is 0 Å². The molecule has 1 spiro atoms. The molecule has 0 N–H and O–H groups in total. The second-order valence-corrected chi connectivity index (χ2v) is 11.5. The van der Waals surface area contributed by atoms with Crippen LogP contribution >= 0.6 is 0 Å². The van der Waals surface area contributed by atoms with Crippen molar-refractivity contribution < 1.29 is 9.53 Å². The molecule has 5 aliphatic rings. The van der Waals surface area contributed by atoms with Crippen LogP contribution in [0.25, 0.3) is 0 Å². The fraction of sp³-hybridized carbons (Fsp3) is 0.567. The Morgan fingerprint density at radius 2 is 1.85 bits per heavy atom. The Morgan fingerprint density at radius 1 is 1.06 bits per heavy atom. The summed E-state index contributed by atoms with van der Waals surface area (Å²) in [6.45, 7) is 7.90. The fourth-order valence-corrected chi connectivity index (χ4v) is 8.42. The normalized spacial score (nSPS) is 37.7. The van der Waals surface area contributed by atoms with Crippen molar-refractivity contribution in [2.75, 3.05) is 25.6 Å². The van der Waals surface area contributed by atoms with E-state index >= 15 is 0 Å². The first-order valence-corrected chi connectivity index (χ1v) is 12.9.